The number of carbonyl (C=O) groups is 1. The second-order valence-electron chi connectivity index (χ2n) is 2.71. The number of rotatable bonds is 3. The van der Waals surface area contributed by atoms with Crippen molar-refractivity contribution in [2.24, 2.45) is 0 Å². The lowest BCUT2D eigenvalue weighted by Crippen LogP contribution is -2.07. The molecule has 15 heavy (non-hydrogen) atoms. The van der Waals surface area contributed by atoms with Crippen LogP contribution in [0.5, 0.6) is 11.5 Å². The highest BCUT2D eigenvalue weighted by molar-refractivity contribution is 5.75. The van der Waals surface area contributed by atoms with Gasteiger partial charge in [0.2, 0.25) is 5.75 Å². The number of nitro benzene ring substituents is 1. The van der Waals surface area contributed by atoms with E-state index in [0.29, 0.717) is 0 Å². The van der Waals surface area contributed by atoms with E-state index in [0.717, 1.165) is 6.07 Å². The Morgan fingerprint density at radius 2 is 2.27 bits per heavy atom. The molecular weight excluding hydrogens is 202 g/mol. The highest BCUT2D eigenvalue weighted by Gasteiger charge is 2.20. The summed E-state index contributed by atoms with van der Waals surface area (Å²) in [6.45, 7) is 1.55. The molecule has 1 aromatic carbocycles. The molecule has 6 heteroatoms. The summed E-state index contributed by atoms with van der Waals surface area (Å²) < 4.78 is 4.66. The van der Waals surface area contributed by atoms with Crippen LogP contribution in [-0.4, -0.2) is 16.0 Å². The van der Waals surface area contributed by atoms with Crippen molar-refractivity contribution in [2.75, 3.05) is 0 Å². The van der Waals surface area contributed by atoms with Crippen molar-refractivity contribution in [1.29, 1.82) is 0 Å². The van der Waals surface area contributed by atoms with Gasteiger partial charge in [-0.05, 0) is 6.07 Å². The quantitative estimate of drug-likeness (QED) is 0.355. The Kier molecular flexibility index (Phi) is 3.22. The van der Waals surface area contributed by atoms with Crippen LogP contribution in [-0.2, 0) is 4.79 Å². The molecule has 0 aliphatic heterocycles. The van der Waals surface area contributed by atoms with Crippen molar-refractivity contribution in [3.8, 4) is 11.5 Å². The number of esters is 1. The van der Waals surface area contributed by atoms with E-state index in [-0.39, 0.29) is 6.42 Å². The van der Waals surface area contributed by atoms with Crippen LogP contribution in [0.3, 0.4) is 0 Å². The van der Waals surface area contributed by atoms with E-state index in [1.54, 1.807) is 6.92 Å². The van der Waals surface area contributed by atoms with Gasteiger partial charge >= 0.3 is 11.7 Å². The van der Waals surface area contributed by atoms with Crippen molar-refractivity contribution >= 4 is 11.7 Å². The number of nitrogens with zero attached hydrogens (tertiary/aromatic N) is 1. The van der Waals surface area contributed by atoms with Crippen molar-refractivity contribution in [3.63, 3.8) is 0 Å². The fourth-order valence-corrected chi connectivity index (χ4v) is 0.947. The third-order valence-electron chi connectivity index (χ3n) is 1.67. The zero-order valence-electron chi connectivity index (χ0n) is 7.97. The molecule has 0 radical (unpaired) electrons. The van der Waals surface area contributed by atoms with Crippen molar-refractivity contribution in [3.05, 3.63) is 28.3 Å². The number of carbonyl (C=O) groups excluding carboxylic acids is 1. The molecule has 0 saturated heterocycles. The Hall–Kier alpha value is -2.11. The molecule has 0 aromatic heterocycles. The first-order valence-electron chi connectivity index (χ1n) is 4.23. The fraction of sp³-hybridized carbons (Fsp3) is 0.222. The summed E-state index contributed by atoms with van der Waals surface area (Å²) in [6, 6.07) is 3.67. The van der Waals surface area contributed by atoms with Gasteiger partial charge in [-0.1, -0.05) is 13.0 Å². The fourth-order valence-electron chi connectivity index (χ4n) is 0.947. The van der Waals surface area contributed by atoms with Gasteiger partial charge in [-0.2, -0.15) is 0 Å². The molecule has 0 amide bonds. The van der Waals surface area contributed by atoms with Gasteiger partial charge in [-0.15, -0.1) is 0 Å². The van der Waals surface area contributed by atoms with E-state index >= 15 is 0 Å². The maximum atomic E-state index is 11.0. The molecule has 0 aliphatic carbocycles. The van der Waals surface area contributed by atoms with Crippen LogP contribution < -0.4 is 4.74 Å². The molecule has 0 fully saturated rings. The van der Waals surface area contributed by atoms with Crippen LogP contribution in [0.4, 0.5) is 5.69 Å². The smallest absolute Gasteiger partial charge is 0.315 e. The summed E-state index contributed by atoms with van der Waals surface area (Å²) in [6.07, 6.45) is 0.0749. The summed E-state index contributed by atoms with van der Waals surface area (Å²) in [4.78, 5) is 20.8. The van der Waals surface area contributed by atoms with Crippen LogP contribution in [0.1, 0.15) is 13.3 Å². The first-order chi connectivity index (χ1) is 7.06. The van der Waals surface area contributed by atoms with Gasteiger partial charge < -0.3 is 9.84 Å². The molecule has 1 rings (SSSR count). The van der Waals surface area contributed by atoms with Gasteiger partial charge in [0.1, 0.15) is 0 Å². The number of phenolic OH excluding ortho intramolecular Hbond substituents is 1. The van der Waals surface area contributed by atoms with E-state index in [2.05, 4.69) is 4.74 Å². The molecule has 0 spiro atoms. The molecule has 0 bridgehead atoms. The predicted molar refractivity (Wildman–Crippen MR) is 50.7 cm³/mol. The molecule has 0 aliphatic rings. The van der Waals surface area contributed by atoms with E-state index in [9.17, 15) is 20.0 Å². The summed E-state index contributed by atoms with van der Waals surface area (Å²) in [5.41, 5.74) is -0.434. The van der Waals surface area contributed by atoms with E-state index in [4.69, 9.17) is 0 Å². The standard InChI is InChI=1S/C9H9NO5/c1-2-8(12)15-9-6(10(13)14)4-3-5-7(9)11/h3-5,11H,2H2,1H3. The Morgan fingerprint density at radius 1 is 1.60 bits per heavy atom. The topological polar surface area (TPSA) is 89.7 Å². The number of phenols is 1. The number of ether oxygens (including phenoxy) is 1. The maximum absolute atomic E-state index is 11.0. The number of para-hydroxylation sites is 1. The van der Waals surface area contributed by atoms with Crippen molar-refractivity contribution in [2.45, 2.75) is 13.3 Å². The van der Waals surface area contributed by atoms with Crippen LogP contribution in [0.25, 0.3) is 0 Å². The van der Waals surface area contributed by atoms with Crippen molar-refractivity contribution < 1.29 is 19.6 Å². The molecule has 1 N–H and O–H groups in total. The van der Waals surface area contributed by atoms with Crippen molar-refractivity contribution in [1.82, 2.24) is 0 Å². The minimum atomic E-state index is -0.724. The first-order valence-corrected chi connectivity index (χ1v) is 4.23. The molecule has 0 heterocycles. The molecule has 1 aromatic rings. The normalized spacial score (nSPS) is 9.67. The Balaban J connectivity index is 3.13. The summed E-state index contributed by atoms with van der Waals surface area (Å²) in [7, 11) is 0. The minimum Gasteiger partial charge on any atom is -0.504 e. The summed E-state index contributed by atoms with van der Waals surface area (Å²) in [5.74, 6) is -1.47. The second-order valence-corrected chi connectivity index (χ2v) is 2.71. The third-order valence-corrected chi connectivity index (χ3v) is 1.67. The van der Waals surface area contributed by atoms with Crippen LogP contribution in [0.2, 0.25) is 0 Å². The van der Waals surface area contributed by atoms with Gasteiger partial charge in [0.25, 0.3) is 0 Å². The van der Waals surface area contributed by atoms with Crippen LogP contribution in [0.15, 0.2) is 18.2 Å². The Bertz CT molecular complexity index is 401. The lowest BCUT2D eigenvalue weighted by Gasteiger charge is -2.04. The second kappa shape index (κ2) is 4.41. The molecule has 0 unspecified atom stereocenters. The van der Waals surface area contributed by atoms with Gasteiger partial charge in [-0.25, -0.2) is 0 Å². The number of nitro groups is 1. The molecule has 80 valence electrons. The van der Waals surface area contributed by atoms with E-state index in [1.165, 1.54) is 12.1 Å². The van der Waals surface area contributed by atoms with Gasteiger partial charge in [0.15, 0.2) is 5.75 Å². The summed E-state index contributed by atoms with van der Waals surface area (Å²) >= 11 is 0. The molecule has 6 nitrogen and oxygen atoms in total. The Morgan fingerprint density at radius 3 is 2.80 bits per heavy atom. The zero-order chi connectivity index (χ0) is 11.4. The highest BCUT2D eigenvalue weighted by atomic mass is 16.6. The lowest BCUT2D eigenvalue weighted by atomic mass is 10.3. The van der Waals surface area contributed by atoms with Gasteiger partial charge in [0.05, 0.1) is 4.92 Å². The molecule has 0 saturated carbocycles. The number of hydrogen-bond acceptors (Lipinski definition) is 5. The van der Waals surface area contributed by atoms with E-state index < -0.39 is 28.1 Å². The average Bonchev–Trinajstić information content (AvgIpc) is 2.20. The van der Waals surface area contributed by atoms with E-state index in [1.807, 2.05) is 0 Å². The number of aromatic hydroxyl groups is 1. The average molecular weight is 211 g/mol. The number of hydrogen-bond donors (Lipinski definition) is 1. The largest absolute Gasteiger partial charge is 0.504 e. The SMILES string of the molecule is CCC(=O)Oc1c(O)cccc1[N+](=O)[O-]. The Labute approximate surface area is 85.2 Å². The monoisotopic (exact) mass is 211 g/mol. The van der Waals surface area contributed by atoms with Crippen LogP contribution in [0, 0.1) is 10.1 Å². The first kappa shape index (κ1) is 11.0. The molecule has 0 atom stereocenters. The maximum Gasteiger partial charge on any atom is 0.315 e. The minimum absolute atomic E-state index is 0.0749. The lowest BCUT2D eigenvalue weighted by molar-refractivity contribution is -0.385. The third kappa shape index (κ3) is 2.43. The summed E-state index contributed by atoms with van der Waals surface area (Å²) in [5, 5.41) is 19.8. The number of benzene rings is 1. The predicted octanol–water partition coefficient (Wildman–Crippen LogP) is 1.62. The van der Waals surface area contributed by atoms with Gasteiger partial charge in [-0.3, -0.25) is 14.9 Å². The molecular formula is C9H9NO5. The van der Waals surface area contributed by atoms with Crippen LogP contribution >= 0.6 is 0 Å². The zero-order valence-corrected chi connectivity index (χ0v) is 7.97. The highest BCUT2D eigenvalue weighted by Crippen LogP contribution is 2.35. The van der Waals surface area contributed by atoms with Gasteiger partial charge in [0, 0.05) is 12.5 Å².